The maximum atomic E-state index is 13.1. The summed E-state index contributed by atoms with van der Waals surface area (Å²) in [7, 11) is 0. The van der Waals surface area contributed by atoms with Gasteiger partial charge in [-0.3, -0.25) is 20.2 Å². The standard InChI is InChI=1S/C22H23N5O/c28-22(18-8-7-15-26(17-18)21-16-23-13-14-24-21)25-27(19-9-3-1-4-10-19)20-11-5-2-6-12-20/h1-6,9-14,16,18H,7-8,15,17H2,(H,25,28)/t18-/m0/s1. The van der Waals surface area contributed by atoms with E-state index in [1.807, 2.05) is 65.7 Å². The highest BCUT2D eigenvalue weighted by Crippen LogP contribution is 2.25. The van der Waals surface area contributed by atoms with E-state index in [1.165, 1.54) is 0 Å². The van der Waals surface area contributed by atoms with E-state index in [0.29, 0.717) is 6.54 Å². The molecule has 142 valence electrons. The van der Waals surface area contributed by atoms with Crippen LogP contribution < -0.4 is 15.3 Å². The summed E-state index contributed by atoms with van der Waals surface area (Å²) in [5, 5.41) is 1.85. The number of carbonyl (C=O) groups is 1. The first-order valence-corrected chi connectivity index (χ1v) is 9.53. The van der Waals surface area contributed by atoms with Crippen LogP contribution in [-0.4, -0.2) is 29.0 Å². The van der Waals surface area contributed by atoms with Gasteiger partial charge in [-0.2, -0.15) is 0 Å². The zero-order valence-electron chi connectivity index (χ0n) is 15.6. The third kappa shape index (κ3) is 4.11. The Hall–Kier alpha value is -3.41. The van der Waals surface area contributed by atoms with Crippen LogP contribution in [0.1, 0.15) is 12.8 Å². The number of aromatic nitrogens is 2. The minimum absolute atomic E-state index is 0.0151. The molecule has 0 radical (unpaired) electrons. The molecule has 0 aliphatic carbocycles. The number of piperidine rings is 1. The lowest BCUT2D eigenvalue weighted by Gasteiger charge is -2.34. The average molecular weight is 373 g/mol. The number of para-hydroxylation sites is 2. The molecular weight excluding hydrogens is 350 g/mol. The van der Waals surface area contributed by atoms with Crippen LogP contribution in [0, 0.1) is 5.92 Å². The summed E-state index contributed by atoms with van der Waals surface area (Å²) in [5.41, 5.74) is 4.96. The van der Waals surface area contributed by atoms with Crippen LogP contribution in [0.4, 0.5) is 17.2 Å². The number of amides is 1. The second-order valence-corrected chi connectivity index (χ2v) is 6.83. The van der Waals surface area contributed by atoms with Gasteiger partial charge in [-0.05, 0) is 37.1 Å². The normalized spacial score (nSPS) is 16.4. The Bertz CT molecular complexity index is 849. The summed E-state index contributed by atoms with van der Waals surface area (Å²) in [4.78, 5) is 23.8. The van der Waals surface area contributed by atoms with Crippen molar-refractivity contribution in [3.05, 3.63) is 79.3 Å². The highest BCUT2D eigenvalue weighted by Gasteiger charge is 2.28. The summed E-state index contributed by atoms with van der Waals surface area (Å²) >= 11 is 0. The molecule has 0 spiro atoms. The van der Waals surface area contributed by atoms with E-state index in [9.17, 15) is 4.79 Å². The molecular formula is C22H23N5O. The van der Waals surface area contributed by atoms with E-state index in [4.69, 9.17) is 0 Å². The van der Waals surface area contributed by atoms with Crippen molar-refractivity contribution in [3.63, 3.8) is 0 Å². The zero-order chi connectivity index (χ0) is 19.2. The van der Waals surface area contributed by atoms with Crippen LogP contribution in [0.15, 0.2) is 79.3 Å². The molecule has 1 fully saturated rings. The number of anilines is 3. The molecule has 2 aromatic carbocycles. The predicted molar refractivity (Wildman–Crippen MR) is 110 cm³/mol. The average Bonchev–Trinajstić information content (AvgIpc) is 2.79. The van der Waals surface area contributed by atoms with Gasteiger partial charge < -0.3 is 4.90 Å². The van der Waals surface area contributed by atoms with Gasteiger partial charge in [-0.25, -0.2) is 4.98 Å². The fourth-order valence-electron chi connectivity index (χ4n) is 3.49. The molecule has 2 heterocycles. The van der Waals surface area contributed by atoms with Crippen LogP contribution in [-0.2, 0) is 4.79 Å². The Labute approximate surface area is 164 Å². The van der Waals surface area contributed by atoms with Crippen molar-refractivity contribution >= 4 is 23.1 Å². The van der Waals surface area contributed by atoms with Crippen LogP contribution in [0.5, 0.6) is 0 Å². The van der Waals surface area contributed by atoms with Crippen molar-refractivity contribution in [3.8, 4) is 0 Å². The number of hydrogen-bond donors (Lipinski definition) is 1. The lowest BCUT2D eigenvalue weighted by molar-refractivity contribution is -0.125. The minimum atomic E-state index is -0.106. The fourth-order valence-corrected chi connectivity index (χ4v) is 3.49. The van der Waals surface area contributed by atoms with Crippen LogP contribution in [0.25, 0.3) is 0 Å². The van der Waals surface area contributed by atoms with Crippen LogP contribution in [0.2, 0.25) is 0 Å². The second-order valence-electron chi connectivity index (χ2n) is 6.83. The first-order chi connectivity index (χ1) is 13.8. The molecule has 1 aliphatic rings. The van der Waals surface area contributed by atoms with E-state index in [2.05, 4.69) is 20.3 Å². The predicted octanol–water partition coefficient (Wildman–Crippen LogP) is 3.56. The number of nitrogens with zero attached hydrogens (tertiary/aromatic N) is 4. The lowest BCUT2D eigenvalue weighted by atomic mass is 9.97. The largest absolute Gasteiger partial charge is 0.355 e. The summed E-state index contributed by atoms with van der Waals surface area (Å²) in [5.74, 6) is 0.731. The first kappa shape index (κ1) is 18.0. The molecule has 4 rings (SSSR count). The van der Waals surface area contributed by atoms with Gasteiger partial charge in [0.05, 0.1) is 23.5 Å². The molecule has 6 heteroatoms. The van der Waals surface area contributed by atoms with Gasteiger partial charge in [0.2, 0.25) is 5.91 Å². The molecule has 3 aromatic rings. The maximum Gasteiger partial charge on any atom is 0.243 e. The summed E-state index contributed by atoms with van der Waals surface area (Å²) in [6, 6.07) is 19.7. The van der Waals surface area contributed by atoms with Crippen LogP contribution in [0.3, 0.4) is 0 Å². The van der Waals surface area contributed by atoms with E-state index in [1.54, 1.807) is 18.6 Å². The van der Waals surface area contributed by atoms with E-state index in [-0.39, 0.29) is 11.8 Å². The molecule has 1 N–H and O–H groups in total. The highest BCUT2D eigenvalue weighted by atomic mass is 16.2. The summed E-state index contributed by atoms with van der Waals surface area (Å²) in [6.45, 7) is 1.53. The SMILES string of the molecule is O=C(NN(c1ccccc1)c1ccccc1)[C@H]1CCCN(c2cnccn2)C1. The van der Waals surface area contributed by atoms with Crippen molar-refractivity contribution in [2.45, 2.75) is 12.8 Å². The van der Waals surface area contributed by atoms with E-state index < -0.39 is 0 Å². The molecule has 1 amide bonds. The lowest BCUT2D eigenvalue weighted by Crippen LogP contribution is -2.48. The van der Waals surface area contributed by atoms with E-state index in [0.717, 1.165) is 36.6 Å². The third-order valence-corrected chi connectivity index (χ3v) is 4.92. The first-order valence-electron chi connectivity index (χ1n) is 9.53. The second kappa shape index (κ2) is 8.52. The summed E-state index contributed by atoms with van der Waals surface area (Å²) < 4.78 is 0. The van der Waals surface area contributed by atoms with Gasteiger partial charge in [0.1, 0.15) is 5.82 Å². The smallest absolute Gasteiger partial charge is 0.243 e. The third-order valence-electron chi connectivity index (χ3n) is 4.92. The number of rotatable bonds is 5. The Morgan fingerprint density at radius 2 is 1.68 bits per heavy atom. The Kier molecular flexibility index (Phi) is 5.47. The van der Waals surface area contributed by atoms with Crippen molar-refractivity contribution in [1.82, 2.24) is 15.4 Å². The molecule has 0 saturated carbocycles. The monoisotopic (exact) mass is 373 g/mol. The number of carbonyl (C=O) groups excluding carboxylic acids is 1. The van der Waals surface area contributed by atoms with Gasteiger partial charge in [0.25, 0.3) is 0 Å². The van der Waals surface area contributed by atoms with Crippen LogP contribution >= 0.6 is 0 Å². The number of nitrogens with one attached hydrogen (secondary N) is 1. The number of benzene rings is 2. The highest BCUT2D eigenvalue weighted by molar-refractivity contribution is 5.83. The van der Waals surface area contributed by atoms with Crippen molar-refractivity contribution < 1.29 is 4.79 Å². The van der Waals surface area contributed by atoms with Gasteiger partial charge in [0, 0.05) is 25.5 Å². The van der Waals surface area contributed by atoms with Gasteiger partial charge in [-0.1, -0.05) is 36.4 Å². The topological polar surface area (TPSA) is 61.4 Å². The van der Waals surface area contributed by atoms with Gasteiger partial charge in [0.15, 0.2) is 0 Å². The molecule has 0 bridgehead atoms. The van der Waals surface area contributed by atoms with Gasteiger partial charge in [-0.15, -0.1) is 0 Å². The van der Waals surface area contributed by atoms with Crippen molar-refractivity contribution in [1.29, 1.82) is 0 Å². The molecule has 6 nitrogen and oxygen atoms in total. The molecule has 1 aliphatic heterocycles. The molecule has 0 unspecified atom stereocenters. The molecule has 28 heavy (non-hydrogen) atoms. The molecule has 1 atom stereocenters. The quantitative estimate of drug-likeness (QED) is 0.693. The van der Waals surface area contributed by atoms with E-state index >= 15 is 0 Å². The Morgan fingerprint density at radius 3 is 2.29 bits per heavy atom. The fraction of sp³-hybridized carbons (Fsp3) is 0.227. The maximum absolute atomic E-state index is 13.1. The van der Waals surface area contributed by atoms with Crippen molar-refractivity contribution in [2.24, 2.45) is 5.92 Å². The zero-order valence-corrected chi connectivity index (χ0v) is 15.6. The summed E-state index contributed by atoms with van der Waals surface area (Å²) in [6.07, 6.45) is 6.91. The Balaban J connectivity index is 1.51. The minimum Gasteiger partial charge on any atom is -0.355 e. The van der Waals surface area contributed by atoms with Gasteiger partial charge >= 0.3 is 0 Å². The number of hydrazine groups is 1. The molecule has 1 aromatic heterocycles. The Morgan fingerprint density at radius 1 is 1.00 bits per heavy atom. The number of hydrogen-bond acceptors (Lipinski definition) is 5. The molecule has 1 saturated heterocycles. The van der Waals surface area contributed by atoms with Crippen molar-refractivity contribution in [2.75, 3.05) is 23.0 Å².